The minimum Gasteiger partial charge on any atom is -0.484 e. The number of benzene rings is 1. The van der Waals surface area contributed by atoms with E-state index in [0.717, 1.165) is 22.1 Å². The largest absolute Gasteiger partial charge is 0.484 e. The fourth-order valence-corrected chi connectivity index (χ4v) is 4.10. The van der Waals surface area contributed by atoms with Gasteiger partial charge < -0.3 is 9.84 Å². The quantitative estimate of drug-likeness (QED) is 0.557. The van der Waals surface area contributed by atoms with Gasteiger partial charge in [-0.25, -0.2) is 4.39 Å². The SMILES string of the molecule is CC(C(=O)O)c1csc2c(F)c(OCc3cc(C(F)(F)F)nn3C)cc(Cl)c12. The predicted octanol–water partition coefficient (Wildman–Crippen LogP) is 5.21. The molecule has 1 unspecified atom stereocenters. The molecule has 0 aliphatic rings. The lowest BCUT2D eigenvalue weighted by atomic mass is 10.0. The third-order valence-corrected chi connectivity index (χ3v) is 5.50. The van der Waals surface area contributed by atoms with Gasteiger partial charge in [-0.3, -0.25) is 9.48 Å². The van der Waals surface area contributed by atoms with E-state index in [2.05, 4.69) is 5.10 Å². The van der Waals surface area contributed by atoms with Gasteiger partial charge in [-0.1, -0.05) is 11.6 Å². The fourth-order valence-electron chi connectivity index (χ4n) is 2.63. The van der Waals surface area contributed by atoms with Gasteiger partial charge in [-0.15, -0.1) is 11.3 Å². The first kappa shape index (κ1) is 20.4. The van der Waals surface area contributed by atoms with E-state index < -0.39 is 29.6 Å². The van der Waals surface area contributed by atoms with E-state index in [4.69, 9.17) is 16.3 Å². The van der Waals surface area contributed by atoms with Gasteiger partial charge in [0.15, 0.2) is 17.3 Å². The molecule has 0 saturated carbocycles. The Morgan fingerprint density at radius 1 is 1.43 bits per heavy atom. The number of carbonyl (C=O) groups is 1. The van der Waals surface area contributed by atoms with Crippen molar-refractivity contribution in [3.05, 3.63) is 45.3 Å². The molecule has 5 nitrogen and oxygen atoms in total. The second-order valence-corrected chi connectivity index (χ2v) is 7.34. The lowest BCUT2D eigenvalue weighted by Crippen LogP contribution is -2.07. The third kappa shape index (κ3) is 3.66. The molecule has 0 aliphatic carbocycles. The average molecular weight is 437 g/mol. The van der Waals surface area contributed by atoms with Crippen molar-refractivity contribution in [1.82, 2.24) is 9.78 Å². The Kier molecular flexibility index (Phi) is 5.28. The van der Waals surface area contributed by atoms with E-state index in [9.17, 15) is 27.5 Å². The highest BCUT2D eigenvalue weighted by atomic mass is 35.5. The summed E-state index contributed by atoms with van der Waals surface area (Å²) in [6, 6.07) is 2.00. The topological polar surface area (TPSA) is 64.3 Å². The highest BCUT2D eigenvalue weighted by Gasteiger charge is 2.34. The van der Waals surface area contributed by atoms with Crippen molar-refractivity contribution in [2.45, 2.75) is 25.6 Å². The van der Waals surface area contributed by atoms with Crippen LogP contribution in [0, 0.1) is 5.82 Å². The smallest absolute Gasteiger partial charge is 0.435 e. The summed E-state index contributed by atoms with van der Waals surface area (Å²) < 4.78 is 59.4. The zero-order valence-electron chi connectivity index (χ0n) is 14.5. The molecule has 11 heteroatoms. The highest BCUT2D eigenvalue weighted by Crippen LogP contribution is 2.41. The van der Waals surface area contributed by atoms with E-state index in [-0.39, 0.29) is 33.2 Å². The number of alkyl halides is 3. The average Bonchev–Trinajstić information content (AvgIpc) is 3.20. The van der Waals surface area contributed by atoms with Crippen molar-refractivity contribution in [1.29, 1.82) is 0 Å². The second-order valence-electron chi connectivity index (χ2n) is 6.06. The van der Waals surface area contributed by atoms with Gasteiger partial charge in [-0.2, -0.15) is 18.3 Å². The minimum atomic E-state index is -4.60. The molecule has 2 heterocycles. The number of rotatable bonds is 5. The first-order valence-corrected chi connectivity index (χ1v) is 9.11. The van der Waals surface area contributed by atoms with Gasteiger partial charge in [0.1, 0.15) is 6.61 Å². The van der Waals surface area contributed by atoms with Crippen LogP contribution in [0.1, 0.15) is 29.8 Å². The van der Waals surface area contributed by atoms with E-state index in [0.29, 0.717) is 5.56 Å². The highest BCUT2D eigenvalue weighted by molar-refractivity contribution is 7.17. The molecule has 1 aromatic carbocycles. The number of carboxylic acids is 1. The molecule has 0 fully saturated rings. The maximum Gasteiger partial charge on any atom is 0.435 e. The molecule has 0 saturated heterocycles. The number of ether oxygens (including phenoxy) is 1. The monoisotopic (exact) mass is 436 g/mol. The fraction of sp³-hybridized carbons (Fsp3) is 0.294. The molecular weight excluding hydrogens is 424 g/mol. The maximum atomic E-state index is 14.8. The summed E-state index contributed by atoms with van der Waals surface area (Å²) in [6.45, 7) is 1.10. The van der Waals surface area contributed by atoms with Crippen LogP contribution in [0.5, 0.6) is 5.75 Å². The Labute approximate surface area is 165 Å². The van der Waals surface area contributed by atoms with Gasteiger partial charge in [0.25, 0.3) is 0 Å². The van der Waals surface area contributed by atoms with Crippen molar-refractivity contribution in [2.75, 3.05) is 0 Å². The summed E-state index contributed by atoms with van der Waals surface area (Å²) in [6.07, 6.45) is -4.60. The molecule has 3 aromatic rings. The van der Waals surface area contributed by atoms with Gasteiger partial charge in [0, 0.05) is 18.5 Å². The Hall–Kier alpha value is -2.33. The minimum absolute atomic E-state index is 0.0920. The summed E-state index contributed by atoms with van der Waals surface area (Å²) in [4.78, 5) is 11.2. The van der Waals surface area contributed by atoms with Crippen molar-refractivity contribution < 1.29 is 32.2 Å². The first-order chi connectivity index (χ1) is 13.0. The number of hydrogen-bond acceptors (Lipinski definition) is 4. The summed E-state index contributed by atoms with van der Waals surface area (Å²) in [5.41, 5.74) is -0.605. The van der Waals surface area contributed by atoms with Crippen LogP contribution in [0.25, 0.3) is 10.1 Å². The Bertz CT molecular complexity index is 1060. The van der Waals surface area contributed by atoms with E-state index >= 15 is 0 Å². The van der Waals surface area contributed by atoms with Crippen molar-refractivity contribution in [2.24, 2.45) is 7.05 Å². The van der Waals surface area contributed by atoms with Gasteiger partial charge in [0.2, 0.25) is 0 Å². The molecule has 0 spiro atoms. The molecule has 0 aliphatic heterocycles. The Balaban J connectivity index is 1.92. The van der Waals surface area contributed by atoms with Gasteiger partial charge >= 0.3 is 12.1 Å². The molecular formula is C17H13ClF4N2O3S. The van der Waals surface area contributed by atoms with Crippen molar-refractivity contribution in [3.63, 3.8) is 0 Å². The van der Waals surface area contributed by atoms with Crippen LogP contribution in [0.3, 0.4) is 0 Å². The molecule has 28 heavy (non-hydrogen) atoms. The summed E-state index contributed by atoms with van der Waals surface area (Å²) >= 11 is 7.19. The first-order valence-electron chi connectivity index (χ1n) is 7.85. The van der Waals surface area contributed by atoms with Crippen LogP contribution in [0.15, 0.2) is 17.5 Å². The standard InChI is InChI=1S/C17H13ClF4N2O3S/c1-7(16(25)26)9-6-28-15-13(9)10(18)4-11(14(15)19)27-5-8-3-12(17(20,21)22)23-24(8)2/h3-4,6-7H,5H2,1-2H3,(H,25,26). The Morgan fingerprint density at radius 2 is 2.11 bits per heavy atom. The van der Waals surface area contributed by atoms with Crippen LogP contribution < -0.4 is 4.74 Å². The number of aromatic nitrogens is 2. The third-order valence-electron chi connectivity index (χ3n) is 4.21. The Morgan fingerprint density at radius 3 is 2.68 bits per heavy atom. The molecule has 150 valence electrons. The number of carboxylic acid groups (broad SMARTS) is 1. The van der Waals surface area contributed by atoms with E-state index in [1.54, 1.807) is 0 Å². The second kappa shape index (κ2) is 7.25. The van der Waals surface area contributed by atoms with Crippen LogP contribution in [-0.4, -0.2) is 20.9 Å². The van der Waals surface area contributed by atoms with Gasteiger partial charge in [0.05, 0.1) is 21.3 Å². The number of halogens is 5. The summed E-state index contributed by atoms with van der Waals surface area (Å²) in [7, 11) is 1.32. The van der Waals surface area contributed by atoms with Crippen LogP contribution in [0.2, 0.25) is 5.02 Å². The van der Waals surface area contributed by atoms with Crippen LogP contribution in [0.4, 0.5) is 17.6 Å². The lowest BCUT2D eigenvalue weighted by Gasteiger charge is -2.11. The number of fused-ring (bicyclic) bond motifs is 1. The van der Waals surface area contributed by atoms with Crippen LogP contribution in [-0.2, 0) is 24.6 Å². The summed E-state index contributed by atoms with van der Waals surface area (Å²) in [5, 5.41) is 14.4. The predicted molar refractivity (Wildman–Crippen MR) is 95.4 cm³/mol. The zero-order valence-corrected chi connectivity index (χ0v) is 16.0. The lowest BCUT2D eigenvalue weighted by molar-refractivity contribution is -0.141. The van der Waals surface area contributed by atoms with Crippen LogP contribution >= 0.6 is 22.9 Å². The van der Waals surface area contributed by atoms with E-state index in [1.165, 1.54) is 25.4 Å². The maximum absolute atomic E-state index is 14.8. The molecule has 0 radical (unpaired) electrons. The molecule has 0 amide bonds. The zero-order chi connectivity index (χ0) is 20.8. The number of hydrogen-bond donors (Lipinski definition) is 1. The molecule has 1 atom stereocenters. The number of thiophene rings is 1. The number of nitrogens with zero attached hydrogens (tertiary/aromatic N) is 2. The summed E-state index contributed by atoms with van der Waals surface area (Å²) in [5.74, 6) is -2.96. The van der Waals surface area contributed by atoms with Gasteiger partial charge in [-0.05, 0) is 23.9 Å². The molecule has 2 aromatic heterocycles. The van der Waals surface area contributed by atoms with Crippen molar-refractivity contribution >= 4 is 39.0 Å². The number of aliphatic carboxylic acids is 1. The normalized spacial score (nSPS) is 13.1. The molecule has 1 N–H and O–H groups in total. The molecule has 0 bridgehead atoms. The van der Waals surface area contributed by atoms with Crippen molar-refractivity contribution in [3.8, 4) is 5.75 Å². The molecule has 3 rings (SSSR count). The number of aryl methyl sites for hydroxylation is 1. The van der Waals surface area contributed by atoms with E-state index in [1.807, 2.05) is 0 Å².